The number of pyridine rings is 1. The Balaban J connectivity index is 0.000000640. The lowest BCUT2D eigenvalue weighted by molar-refractivity contribution is 1.34. The van der Waals surface area contributed by atoms with Gasteiger partial charge < -0.3 is 5.73 Å². The second kappa shape index (κ2) is 3.69. The first-order valence-corrected chi connectivity index (χ1v) is 2.55. The highest BCUT2D eigenvalue weighted by Crippen LogP contribution is 2.04. The number of nitrogens with two attached hydrogens (primary N) is 1. The van der Waals surface area contributed by atoms with Crippen LogP contribution in [-0.2, 0) is 0 Å². The zero-order valence-electron chi connectivity index (χ0n) is 4.54. The molecule has 0 saturated carbocycles. The molecule has 0 amide bonds. The van der Waals surface area contributed by atoms with Crippen molar-refractivity contribution in [3.63, 3.8) is 0 Å². The summed E-state index contributed by atoms with van der Waals surface area (Å²) in [4.78, 5) is 3.72. The molecule has 0 radical (unpaired) electrons. The smallest absolute Gasteiger partial charge is 0.131 e. The van der Waals surface area contributed by atoms with E-state index in [9.17, 15) is 0 Å². The molecule has 0 saturated heterocycles. The highest BCUT2D eigenvalue weighted by atomic mass is 79.9. The van der Waals surface area contributed by atoms with Crippen LogP contribution in [0.25, 0.3) is 0 Å². The topological polar surface area (TPSA) is 38.9 Å². The van der Waals surface area contributed by atoms with Gasteiger partial charge in [0.25, 0.3) is 0 Å². The third-order valence-electron chi connectivity index (χ3n) is 0.737. The summed E-state index contributed by atoms with van der Waals surface area (Å²) in [5, 5.41) is 0.435. The number of halogens is 2. The molecule has 1 rings (SSSR count). The number of nitrogens with zero attached hydrogens (tertiary/aromatic N) is 1. The Labute approximate surface area is 68.8 Å². The normalized spacial score (nSPS) is 8.11. The maximum atomic E-state index is 5.45. The predicted octanol–water partition coefficient (Wildman–Crippen LogP) is 1.90. The number of anilines is 1. The van der Waals surface area contributed by atoms with Crippen LogP contribution in [0.3, 0.4) is 0 Å². The van der Waals surface area contributed by atoms with E-state index in [0.29, 0.717) is 11.0 Å². The highest BCUT2D eigenvalue weighted by Gasteiger charge is 1.84. The summed E-state index contributed by atoms with van der Waals surface area (Å²) >= 11 is 5.45. The van der Waals surface area contributed by atoms with Crippen LogP contribution in [0.15, 0.2) is 18.2 Å². The standard InChI is InChI=1S/C5H5ClN2.BrH/c6-4-2-1-3-5(7)8-4;/h1-3H,(H2,7,8);1H. The molecule has 50 valence electrons. The predicted molar refractivity (Wildman–Crippen MR) is 44.0 cm³/mol. The maximum Gasteiger partial charge on any atom is 0.131 e. The van der Waals surface area contributed by atoms with Crippen LogP contribution < -0.4 is 5.73 Å². The van der Waals surface area contributed by atoms with Gasteiger partial charge in [-0.2, -0.15) is 0 Å². The largest absolute Gasteiger partial charge is 0.384 e. The number of aromatic nitrogens is 1. The van der Waals surface area contributed by atoms with E-state index in [1.807, 2.05) is 0 Å². The number of hydrogen-bond acceptors (Lipinski definition) is 2. The van der Waals surface area contributed by atoms with Gasteiger partial charge in [0.1, 0.15) is 11.0 Å². The molecule has 9 heavy (non-hydrogen) atoms. The van der Waals surface area contributed by atoms with Gasteiger partial charge in [-0.25, -0.2) is 4.98 Å². The van der Waals surface area contributed by atoms with Crippen molar-refractivity contribution < 1.29 is 0 Å². The van der Waals surface area contributed by atoms with Crippen LogP contribution in [0, 0.1) is 0 Å². The van der Waals surface area contributed by atoms with Crippen molar-refractivity contribution in [3.05, 3.63) is 23.4 Å². The Kier molecular flexibility index (Phi) is 3.58. The van der Waals surface area contributed by atoms with Crippen molar-refractivity contribution in [1.82, 2.24) is 4.98 Å². The van der Waals surface area contributed by atoms with Crippen LogP contribution in [0.4, 0.5) is 5.82 Å². The zero-order chi connectivity index (χ0) is 5.98. The molecule has 0 aliphatic rings. The first kappa shape index (κ1) is 8.72. The molecule has 2 N–H and O–H groups in total. The molecule has 0 aromatic carbocycles. The fourth-order valence-corrected chi connectivity index (χ4v) is 0.594. The van der Waals surface area contributed by atoms with Gasteiger partial charge >= 0.3 is 0 Å². The minimum absolute atomic E-state index is 0. The molecule has 1 heterocycles. The summed E-state index contributed by atoms with van der Waals surface area (Å²) in [5.41, 5.74) is 5.26. The van der Waals surface area contributed by atoms with Gasteiger partial charge in [0.2, 0.25) is 0 Å². The lowest BCUT2D eigenvalue weighted by atomic mass is 10.5. The average Bonchev–Trinajstić information content (AvgIpc) is 1.64. The Morgan fingerprint density at radius 3 is 2.44 bits per heavy atom. The molecule has 0 fully saturated rings. The monoisotopic (exact) mass is 208 g/mol. The molecular formula is C5H6BrClN2. The van der Waals surface area contributed by atoms with E-state index in [-0.39, 0.29) is 17.0 Å². The van der Waals surface area contributed by atoms with E-state index in [2.05, 4.69) is 4.98 Å². The van der Waals surface area contributed by atoms with Crippen LogP contribution in [0.1, 0.15) is 0 Å². The molecule has 0 spiro atoms. The van der Waals surface area contributed by atoms with E-state index in [1.165, 1.54) is 0 Å². The third kappa shape index (κ3) is 2.67. The van der Waals surface area contributed by atoms with Gasteiger partial charge in [0, 0.05) is 0 Å². The van der Waals surface area contributed by atoms with Gasteiger partial charge in [-0.05, 0) is 12.1 Å². The first-order chi connectivity index (χ1) is 3.79. The molecule has 2 nitrogen and oxygen atoms in total. The molecule has 0 aliphatic carbocycles. The Hall–Kier alpha value is -0.280. The van der Waals surface area contributed by atoms with Crippen molar-refractivity contribution in [3.8, 4) is 0 Å². The summed E-state index contributed by atoms with van der Waals surface area (Å²) < 4.78 is 0. The number of hydrogen-bond donors (Lipinski definition) is 1. The fraction of sp³-hybridized carbons (Fsp3) is 0. The summed E-state index contributed by atoms with van der Waals surface area (Å²) in [6, 6.07) is 5.12. The lowest BCUT2D eigenvalue weighted by Crippen LogP contribution is -1.87. The number of rotatable bonds is 0. The molecule has 0 aliphatic heterocycles. The summed E-state index contributed by atoms with van der Waals surface area (Å²) in [5.74, 6) is 0.456. The van der Waals surface area contributed by atoms with Gasteiger partial charge in [0.05, 0.1) is 0 Å². The van der Waals surface area contributed by atoms with Crippen LogP contribution in [0.5, 0.6) is 0 Å². The van der Waals surface area contributed by atoms with Crippen LogP contribution in [-0.4, -0.2) is 4.98 Å². The quantitative estimate of drug-likeness (QED) is 0.663. The highest BCUT2D eigenvalue weighted by molar-refractivity contribution is 8.93. The fourth-order valence-electron chi connectivity index (χ4n) is 0.424. The summed E-state index contributed by atoms with van der Waals surface area (Å²) in [6.45, 7) is 0. The second-order valence-electron chi connectivity index (χ2n) is 1.39. The van der Waals surface area contributed by atoms with Gasteiger partial charge in [-0.3, -0.25) is 0 Å². The second-order valence-corrected chi connectivity index (χ2v) is 1.77. The zero-order valence-corrected chi connectivity index (χ0v) is 7.01. The average molecular weight is 209 g/mol. The maximum absolute atomic E-state index is 5.45. The minimum atomic E-state index is 0. The molecule has 4 heteroatoms. The van der Waals surface area contributed by atoms with Gasteiger partial charge in [-0.15, -0.1) is 17.0 Å². The molecule has 1 aromatic heterocycles. The molecular weight excluding hydrogens is 203 g/mol. The van der Waals surface area contributed by atoms with Gasteiger partial charge in [0.15, 0.2) is 0 Å². The van der Waals surface area contributed by atoms with E-state index in [4.69, 9.17) is 17.3 Å². The SMILES string of the molecule is Br.Nc1cccc(Cl)n1. The minimum Gasteiger partial charge on any atom is -0.384 e. The lowest BCUT2D eigenvalue weighted by Gasteiger charge is -1.88. The third-order valence-corrected chi connectivity index (χ3v) is 0.947. The Bertz CT molecular complexity index is 175. The van der Waals surface area contributed by atoms with Crippen LogP contribution >= 0.6 is 28.6 Å². The van der Waals surface area contributed by atoms with Crippen LogP contribution in [0.2, 0.25) is 5.15 Å². The number of nitrogen functional groups attached to an aromatic ring is 1. The molecule has 0 bridgehead atoms. The van der Waals surface area contributed by atoms with Crippen molar-refractivity contribution in [1.29, 1.82) is 0 Å². The van der Waals surface area contributed by atoms with Crippen molar-refractivity contribution in [2.75, 3.05) is 5.73 Å². The Morgan fingerprint density at radius 2 is 2.11 bits per heavy atom. The first-order valence-electron chi connectivity index (χ1n) is 2.17. The Morgan fingerprint density at radius 1 is 1.44 bits per heavy atom. The van der Waals surface area contributed by atoms with Gasteiger partial charge in [-0.1, -0.05) is 17.7 Å². The molecule has 0 atom stereocenters. The van der Waals surface area contributed by atoms with E-state index < -0.39 is 0 Å². The van der Waals surface area contributed by atoms with Crippen molar-refractivity contribution >= 4 is 34.4 Å². The van der Waals surface area contributed by atoms with E-state index in [1.54, 1.807) is 18.2 Å². The summed E-state index contributed by atoms with van der Waals surface area (Å²) in [7, 11) is 0. The summed E-state index contributed by atoms with van der Waals surface area (Å²) in [6.07, 6.45) is 0. The molecule has 1 aromatic rings. The molecule has 0 unspecified atom stereocenters. The van der Waals surface area contributed by atoms with E-state index >= 15 is 0 Å². The van der Waals surface area contributed by atoms with E-state index in [0.717, 1.165) is 0 Å². The van der Waals surface area contributed by atoms with Crippen molar-refractivity contribution in [2.45, 2.75) is 0 Å². The van der Waals surface area contributed by atoms with Crippen molar-refractivity contribution in [2.24, 2.45) is 0 Å².